The molecular formula is C15H24N2O. The Kier molecular flexibility index (Phi) is 4.25. The van der Waals surface area contributed by atoms with E-state index in [9.17, 15) is 5.11 Å². The first kappa shape index (κ1) is 13.4. The zero-order valence-corrected chi connectivity index (χ0v) is 11.2. The van der Waals surface area contributed by atoms with Crippen molar-refractivity contribution in [2.45, 2.75) is 37.7 Å². The topological polar surface area (TPSA) is 49.5 Å². The van der Waals surface area contributed by atoms with Crippen LogP contribution in [0.3, 0.4) is 0 Å². The number of hydrogen-bond acceptors (Lipinski definition) is 3. The van der Waals surface area contributed by atoms with Crippen LogP contribution in [0.4, 0.5) is 5.69 Å². The van der Waals surface area contributed by atoms with Crippen molar-refractivity contribution in [2.75, 3.05) is 25.9 Å². The van der Waals surface area contributed by atoms with Gasteiger partial charge in [0.15, 0.2) is 0 Å². The Morgan fingerprint density at radius 2 is 1.83 bits per heavy atom. The summed E-state index contributed by atoms with van der Waals surface area (Å²) in [5.74, 6) is 0. The van der Waals surface area contributed by atoms with Gasteiger partial charge in [0.2, 0.25) is 0 Å². The van der Waals surface area contributed by atoms with E-state index in [0.29, 0.717) is 0 Å². The van der Waals surface area contributed by atoms with Crippen molar-refractivity contribution in [3.8, 4) is 0 Å². The van der Waals surface area contributed by atoms with Crippen molar-refractivity contribution in [3.63, 3.8) is 0 Å². The molecule has 3 heteroatoms. The van der Waals surface area contributed by atoms with Crippen LogP contribution in [0, 0.1) is 0 Å². The van der Waals surface area contributed by atoms with Crippen molar-refractivity contribution in [1.29, 1.82) is 0 Å². The molecule has 1 aromatic rings. The smallest absolute Gasteiger partial charge is 0.0774 e. The highest BCUT2D eigenvalue weighted by Crippen LogP contribution is 2.29. The minimum Gasteiger partial charge on any atom is -0.399 e. The van der Waals surface area contributed by atoms with Gasteiger partial charge in [-0.3, -0.25) is 0 Å². The maximum Gasteiger partial charge on any atom is 0.0774 e. The maximum atomic E-state index is 10.3. The van der Waals surface area contributed by atoms with Gasteiger partial charge < -0.3 is 15.7 Å². The fourth-order valence-corrected chi connectivity index (χ4v) is 2.78. The van der Waals surface area contributed by atoms with E-state index in [-0.39, 0.29) is 0 Å². The number of nitrogens with two attached hydrogens (primary N) is 1. The third-order valence-corrected chi connectivity index (χ3v) is 3.86. The quantitative estimate of drug-likeness (QED) is 0.784. The standard InChI is InChI=1S/C15H24N2O/c1-17(12-15(18)9-2-3-10-15)11-8-13-4-6-14(16)7-5-13/h4-7,18H,2-3,8-12,16H2,1H3. The molecule has 2 rings (SSSR count). The molecule has 3 N–H and O–H groups in total. The molecule has 1 aliphatic rings. The molecule has 100 valence electrons. The number of aliphatic hydroxyl groups is 1. The Balaban J connectivity index is 1.77. The number of likely N-dealkylation sites (N-methyl/N-ethyl adjacent to an activating group) is 1. The highest BCUT2D eigenvalue weighted by molar-refractivity contribution is 5.39. The van der Waals surface area contributed by atoms with Gasteiger partial charge in [0.25, 0.3) is 0 Å². The summed E-state index contributed by atoms with van der Waals surface area (Å²) in [6.07, 6.45) is 5.26. The van der Waals surface area contributed by atoms with E-state index >= 15 is 0 Å². The van der Waals surface area contributed by atoms with E-state index in [4.69, 9.17) is 5.73 Å². The molecule has 0 saturated heterocycles. The fraction of sp³-hybridized carbons (Fsp3) is 0.600. The number of benzene rings is 1. The molecule has 0 unspecified atom stereocenters. The van der Waals surface area contributed by atoms with Gasteiger partial charge in [0.1, 0.15) is 0 Å². The molecule has 0 aliphatic heterocycles. The summed E-state index contributed by atoms with van der Waals surface area (Å²) in [6.45, 7) is 1.77. The molecule has 1 aromatic carbocycles. The largest absolute Gasteiger partial charge is 0.399 e. The van der Waals surface area contributed by atoms with Crippen LogP contribution >= 0.6 is 0 Å². The number of hydrogen-bond donors (Lipinski definition) is 2. The van der Waals surface area contributed by atoms with Crippen molar-refractivity contribution in [2.24, 2.45) is 0 Å². The van der Waals surface area contributed by atoms with Crippen molar-refractivity contribution in [3.05, 3.63) is 29.8 Å². The predicted molar refractivity (Wildman–Crippen MR) is 75.5 cm³/mol. The van der Waals surface area contributed by atoms with Gasteiger partial charge >= 0.3 is 0 Å². The lowest BCUT2D eigenvalue weighted by molar-refractivity contribution is 0.0167. The molecule has 1 fully saturated rings. The summed E-state index contributed by atoms with van der Waals surface area (Å²) in [6, 6.07) is 8.04. The van der Waals surface area contributed by atoms with Crippen LogP contribution in [-0.2, 0) is 6.42 Å². The Morgan fingerprint density at radius 1 is 1.22 bits per heavy atom. The van der Waals surface area contributed by atoms with Crippen LogP contribution in [0.15, 0.2) is 24.3 Å². The first-order valence-electron chi connectivity index (χ1n) is 6.83. The summed E-state index contributed by atoms with van der Waals surface area (Å²) < 4.78 is 0. The fourth-order valence-electron chi connectivity index (χ4n) is 2.78. The molecule has 0 radical (unpaired) electrons. The average molecular weight is 248 g/mol. The third kappa shape index (κ3) is 3.72. The van der Waals surface area contributed by atoms with Crippen LogP contribution in [-0.4, -0.2) is 35.7 Å². The Bertz CT molecular complexity index is 369. The molecule has 0 amide bonds. The SMILES string of the molecule is CN(CCc1ccc(N)cc1)CC1(O)CCCC1. The second-order valence-corrected chi connectivity index (χ2v) is 5.66. The first-order valence-corrected chi connectivity index (χ1v) is 6.83. The van der Waals surface area contributed by atoms with Crippen LogP contribution in [0.2, 0.25) is 0 Å². The van der Waals surface area contributed by atoms with Gasteiger partial charge in [-0.25, -0.2) is 0 Å². The molecule has 1 saturated carbocycles. The monoisotopic (exact) mass is 248 g/mol. The molecule has 3 nitrogen and oxygen atoms in total. The lowest BCUT2D eigenvalue weighted by atomic mass is 10.0. The average Bonchev–Trinajstić information content (AvgIpc) is 2.75. The first-order chi connectivity index (χ1) is 8.57. The zero-order valence-electron chi connectivity index (χ0n) is 11.2. The number of anilines is 1. The minimum absolute atomic E-state index is 0.435. The van der Waals surface area contributed by atoms with Crippen molar-refractivity contribution < 1.29 is 5.11 Å². The van der Waals surface area contributed by atoms with Crippen LogP contribution in [0.25, 0.3) is 0 Å². The number of nitrogen functional groups attached to an aromatic ring is 1. The number of rotatable bonds is 5. The molecule has 0 bridgehead atoms. The Hall–Kier alpha value is -1.06. The third-order valence-electron chi connectivity index (χ3n) is 3.86. The molecule has 0 atom stereocenters. The van der Waals surface area contributed by atoms with E-state index in [1.165, 1.54) is 18.4 Å². The van der Waals surface area contributed by atoms with Crippen molar-refractivity contribution in [1.82, 2.24) is 4.90 Å². The predicted octanol–water partition coefficient (Wildman–Crippen LogP) is 2.05. The Morgan fingerprint density at radius 3 is 2.44 bits per heavy atom. The van der Waals surface area contributed by atoms with Crippen LogP contribution in [0.1, 0.15) is 31.2 Å². The van der Waals surface area contributed by atoms with E-state index in [2.05, 4.69) is 24.1 Å². The van der Waals surface area contributed by atoms with Gasteiger partial charge in [0, 0.05) is 18.8 Å². The lowest BCUT2D eigenvalue weighted by Gasteiger charge is -2.28. The molecule has 0 heterocycles. The summed E-state index contributed by atoms with van der Waals surface area (Å²) in [4.78, 5) is 2.24. The Labute approximate surface area is 110 Å². The van der Waals surface area contributed by atoms with Crippen LogP contribution in [0.5, 0.6) is 0 Å². The zero-order chi connectivity index (χ0) is 13.0. The highest BCUT2D eigenvalue weighted by atomic mass is 16.3. The van der Waals surface area contributed by atoms with E-state index in [0.717, 1.165) is 38.0 Å². The lowest BCUT2D eigenvalue weighted by Crippen LogP contribution is -2.39. The normalized spacial score (nSPS) is 18.4. The summed E-state index contributed by atoms with van der Waals surface area (Å²) in [7, 11) is 2.09. The van der Waals surface area contributed by atoms with Gasteiger partial charge in [-0.1, -0.05) is 25.0 Å². The minimum atomic E-state index is -0.435. The van der Waals surface area contributed by atoms with E-state index < -0.39 is 5.60 Å². The summed E-state index contributed by atoms with van der Waals surface area (Å²) >= 11 is 0. The van der Waals surface area contributed by atoms with E-state index in [1.54, 1.807) is 0 Å². The van der Waals surface area contributed by atoms with Crippen molar-refractivity contribution >= 4 is 5.69 Å². The molecule has 18 heavy (non-hydrogen) atoms. The molecule has 1 aliphatic carbocycles. The van der Waals surface area contributed by atoms with Gasteiger partial charge in [-0.2, -0.15) is 0 Å². The second-order valence-electron chi connectivity index (χ2n) is 5.66. The maximum absolute atomic E-state index is 10.3. The second kappa shape index (κ2) is 5.72. The van der Waals surface area contributed by atoms with Gasteiger partial charge in [0.05, 0.1) is 5.60 Å². The van der Waals surface area contributed by atoms with Gasteiger partial charge in [-0.15, -0.1) is 0 Å². The molecule has 0 aromatic heterocycles. The molecule has 0 spiro atoms. The number of nitrogens with zero attached hydrogens (tertiary/aromatic N) is 1. The summed E-state index contributed by atoms with van der Waals surface area (Å²) in [5.41, 5.74) is 7.34. The van der Waals surface area contributed by atoms with Gasteiger partial charge in [-0.05, 0) is 44.0 Å². The summed E-state index contributed by atoms with van der Waals surface area (Å²) in [5, 5.41) is 10.3. The highest BCUT2D eigenvalue weighted by Gasteiger charge is 2.31. The van der Waals surface area contributed by atoms with Crippen LogP contribution < -0.4 is 5.73 Å². The molecular weight excluding hydrogens is 224 g/mol. The van der Waals surface area contributed by atoms with E-state index in [1.807, 2.05) is 12.1 Å².